The molecular formula is C22H29ClN4O5Si. The molecular weight excluding hydrogens is 464 g/mol. The Balaban J connectivity index is 2.16. The van der Waals surface area contributed by atoms with Gasteiger partial charge in [0, 0.05) is 5.56 Å². The maximum Gasteiger partial charge on any atom is 0.268 e. The third kappa shape index (κ3) is 3.09. The van der Waals surface area contributed by atoms with E-state index in [1.54, 1.807) is 4.57 Å². The Morgan fingerprint density at radius 2 is 1.85 bits per heavy atom. The van der Waals surface area contributed by atoms with Crippen LogP contribution in [0.3, 0.4) is 0 Å². The van der Waals surface area contributed by atoms with Crippen molar-refractivity contribution in [3.8, 4) is 5.88 Å². The number of imidazole rings is 1. The Morgan fingerprint density at radius 1 is 1.18 bits per heavy atom. The quantitative estimate of drug-likeness (QED) is 0.464. The first-order valence-electron chi connectivity index (χ1n) is 10.7. The highest BCUT2D eigenvalue weighted by atomic mass is 35.5. The molecule has 1 fully saturated rings. The van der Waals surface area contributed by atoms with Crippen molar-refractivity contribution in [2.45, 2.75) is 62.1 Å². The molecule has 1 aliphatic heterocycles. The largest absolute Gasteiger partial charge is 0.394 e. The summed E-state index contributed by atoms with van der Waals surface area (Å²) in [5.41, 5.74) is -0.506. The lowest BCUT2D eigenvalue weighted by Crippen LogP contribution is -2.74. The standard InChI is InChI=1S/C22H29ClN4O5Si/c1-20(2,3)33(4,5)22(30)17(29)15(11-28)31-21(22,14-9-7-6-8-10-14)27-13-26-16-18(27)24-12-25-19(16)32-23/h6-10,12-13,15,17,28-30H,11H2,1-5H3/t15-,17-,21-,22+/m1/s1. The second-order valence-electron chi connectivity index (χ2n) is 9.98. The van der Waals surface area contributed by atoms with E-state index in [-0.39, 0.29) is 16.4 Å². The number of ether oxygens (including phenoxy) is 1. The van der Waals surface area contributed by atoms with Crippen molar-refractivity contribution >= 4 is 31.1 Å². The van der Waals surface area contributed by atoms with E-state index in [0.29, 0.717) is 11.2 Å². The zero-order valence-corrected chi connectivity index (χ0v) is 21.0. The van der Waals surface area contributed by atoms with E-state index in [4.69, 9.17) is 20.9 Å². The molecule has 0 amide bonds. The average molecular weight is 493 g/mol. The minimum absolute atomic E-state index is 0.0525. The van der Waals surface area contributed by atoms with Crippen molar-refractivity contribution in [1.29, 1.82) is 0 Å². The molecule has 3 N–H and O–H groups in total. The van der Waals surface area contributed by atoms with Crippen LogP contribution in [-0.4, -0.2) is 67.0 Å². The van der Waals surface area contributed by atoms with Gasteiger partial charge >= 0.3 is 0 Å². The number of fused-ring (bicyclic) bond motifs is 1. The zero-order valence-electron chi connectivity index (χ0n) is 19.2. The molecule has 0 aliphatic carbocycles. The first-order chi connectivity index (χ1) is 15.5. The van der Waals surface area contributed by atoms with Crippen LogP contribution in [0, 0.1) is 0 Å². The zero-order chi connectivity index (χ0) is 24.2. The highest BCUT2D eigenvalue weighted by Gasteiger charge is 2.75. The predicted octanol–water partition coefficient (Wildman–Crippen LogP) is 2.59. The summed E-state index contributed by atoms with van der Waals surface area (Å²) in [5.74, 6) is 0.0525. The second kappa shape index (κ2) is 8.00. The number of hydrogen-bond acceptors (Lipinski definition) is 8. The first kappa shape index (κ1) is 24.1. The Bertz CT molecular complexity index is 1150. The molecule has 9 nitrogen and oxygen atoms in total. The smallest absolute Gasteiger partial charge is 0.268 e. The van der Waals surface area contributed by atoms with Crippen LogP contribution in [0.15, 0.2) is 43.0 Å². The normalized spacial score (nSPS) is 28.4. The summed E-state index contributed by atoms with van der Waals surface area (Å²) in [4.78, 5) is 12.8. The van der Waals surface area contributed by atoms with Gasteiger partial charge in [-0.05, 0) is 5.04 Å². The Labute approximate surface area is 198 Å². The van der Waals surface area contributed by atoms with E-state index in [9.17, 15) is 15.3 Å². The van der Waals surface area contributed by atoms with Crippen molar-refractivity contribution < 1.29 is 24.3 Å². The Kier molecular flexibility index (Phi) is 5.83. The molecule has 33 heavy (non-hydrogen) atoms. The summed E-state index contributed by atoms with van der Waals surface area (Å²) < 4.78 is 12.9. The van der Waals surface area contributed by atoms with Gasteiger partial charge in [-0.15, -0.1) is 0 Å². The first-order valence-corrected chi connectivity index (χ1v) is 14.0. The highest BCUT2D eigenvalue weighted by molar-refractivity contribution is 6.83. The summed E-state index contributed by atoms with van der Waals surface area (Å²) >= 11 is 5.60. The van der Waals surface area contributed by atoms with Crippen molar-refractivity contribution in [2.75, 3.05) is 6.61 Å². The van der Waals surface area contributed by atoms with Gasteiger partial charge in [-0.1, -0.05) is 64.2 Å². The molecule has 0 bridgehead atoms. The maximum atomic E-state index is 12.8. The van der Waals surface area contributed by atoms with Gasteiger partial charge in [0.05, 0.1) is 6.61 Å². The van der Waals surface area contributed by atoms with Gasteiger partial charge in [0.15, 0.2) is 11.2 Å². The number of benzene rings is 1. The van der Waals surface area contributed by atoms with Crippen LogP contribution in [0.4, 0.5) is 0 Å². The molecule has 11 heteroatoms. The topological polar surface area (TPSA) is 123 Å². The Morgan fingerprint density at radius 3 is 2.42 bits per heavy atom. The SMILES string of the molecule is CC(C)(C)[Si](C)(C)[C@@]1(O)[C@H](O)[C@@H](CO)O[C@@]1(c1ccccc1)n1cnc2c(OCl)ncnc21. The summed E-state index contributed by atoms with van der Waals surface area (Å²) in [5, 5.41) is 32.3. The lowest BCUT2D eigenvalue weighted by molar-refractivity contribution is -0.136. The molecule has 178 valence electrons. The third-order valence-electron chi connectivity index (χ3n) is 7.50. The fourth-order valence-corrected chi connectivity index (χ4v) is 8.13. The van der Waals surface area contributed by atoms with E-state index in [2.05, 4.69) is 15.0 Å². The monoisotopic (exact) mass is 492 g/mol. The average Bonchev–Trinajstić information content (AvgIpc) is 3.32. The summed E-state index contributed by atoms with van der Waals surface area (Å²) in [7, 11) is -2.88. The van der Waals surface area contributed by atoms with E-state index in [1.165, 1.54) is 12.7 Å². The molecule has 0 unspecified atom stereocenters. The second-order valence-corrected chi connectivity index (χ2v) is 15.6. The van der Waals surface area contributed by atoms with E-state index in [1.807, 2.05) is 64.2 Å². The van der Waals surface area contributed by atoms with Gasteiger partial charge in [-0.3, -0.25) is 4.57 Å². The minimum Gasteiger partial charge on any atom is -0.394 e. The molecule has 0 spiro atoms. The van der Waals surface area contributed by atoms with Gasteiger partial charge in [-0.25, -0.2) is 9.97 Å². The fourth-order valence-electron chi connectivity index (χ4n) is 4.78. The van der Waals surface area contributed by atoms with E-state index in [0.717, 1.165) is 0 Å². The van der Waals surface area contributed by atoms with Gasteiger partial charge in [-0.2, -0.15) is 4.98 Å². The van der Waals surface area contributed by atoms with Gasteiger partial charge in [0.1, 0.15) is 50.0 Å². The lowest BCUT2D eigenvalue weighted by Gasteiger charge is -2.55. The molecule has 1 saturated heterocycles. The van der Waals surface area contributed by atoms with Crippen LogP contribution in [0.1, 0.15) is 26.3 Å². The molecule has 3 heterocycles. The van der Waals surface area contributed by atoms with Crippen LogP contribution < -0.4 is 4.29 Å². The maximum absolute atomic E-state index is 12.8. The van der Waals surface area contributed by atoms with Crippen LogP contribution in [0.25, 0.3) is 11.2 Å². The summed E-state index contributed by atoms with van der Waals surface area (Å²) in [6, 6.07) is 9.14. The molecule has 2 aromatic heterocycles. The lowest BCUT2D eigenvalue weighted by atomic mass is 9.93. The molecule has 1 aromatic carbocycles. The Hall–Kier alpha value is -2.08. The molecule has 4 atom stereocenters. The van der Waals surface area contributed by atoms with Gasteiger partial charge in [0.25, 0.3) is 5.88 Å². The number of aliphatic hydroxyl groups is 3. The van der Waals surface area contributed by atoms with Gasteiger partial charge in [0.2, 0.25) is 5.72 Å². The number of aromatic nitrogens is 4. The van der Waals surface area contributed by atoms with Crippen LogP contribution in [0.2, 0.25) is 18.1 Å². The molecule has 1 aliphatic rings. The number of rotatable bonds is 5. The summed E-state index contributed by atoms with van der Waals surface area (Å²) in [6.45, 7) is 9.67. The summed E-state index contributed by atoms with van der Waals surface area (Å²) in [6.07, 6.45) is 0.312. The molecule has 0 saturated carbocycles. The van der Waals surface area contributed by atoms with E-state index < -0.39 is 37.8 Å². The van der Waals surface area contributed by atoms with Crippen LogP contribution >= 0.6 is 11.9 Å². The van der Waals surface area contributed by atoms with Crippen LogP contribution in [-0.2, 0) is 10.5 Å². The number of nitrogens with zero attached hydrogens (tertiary/aromatic N) is 4. The van der Waals surface area contributed by atoms with E-state index >= 15 is 0 Å². The van der Waals surface area contributed by atoms with Crippen molar-refractivity contribution in [2.24, 2.45) is 0 Å². The predicted molar refractivity (Wildman–Crippen MR) is 125 cm³/mol. The molecule has 0 radical (unpaired) electrons. The van der Waals surface area contributed by atoms with Crippen molar-refractivity contribution in [3.63, 3.8) is 0 Å². The van der Waals surface area contributed by atoms with Crippen LogP contribution in [0.5, 0.6) is 5.88 Å². The number of hydrogen-bond donors (Lipinski definition) is 3. The van der Waals surface area contributed by atoms with Crippen molar-refractivity contribution in [3.05, 3.63) is 48.5 Å². The number of halogens is 1. The number of aliphatic hydroxyl groups excluding tert-OH is 2. The molecule has 3 aromatic rings. The fraction of sp³-hybridized carbons (Fsp3) is 0.500. The molecule has 4 rings (SSSR count). The highest BCUT2D eigenvalue weighted by Crippen LogP contribution is 2.58. The third-order valence-corrected chi connectivity index (χ3v) is 13.9. The van der Waals surface area contributed by atoms with Gasteiger partial charge < -0.3 is 24.3 Å². The minimum atomic E-state index is -2.88. The van der Waals surface area contributed by atoms with Crippen molar-refractivity contribution in [1.82, 2.24) is 19.5 Å².